The molecule has 1 aromatic carbocycles. The SMILES string of the molecule is Cc1c(C(=O)N2CCC(OCCCN)CC2)nnn1-c1cccc2cnccc12. The van der Waals surface area contributed by atoms with E-state index in [1.54, 1.807) is 10.9 Å². The van der Waals surface area contributed by atoms with Crippen molar-refractivity contribution in [2.75, 3.05) is 26.2 Å². The summed E-state index contributed by atoms with van der Waals surface area (Å²) >= 11 is 0. The van der Waals surface area contributed by atoms with E-state index in [-0.39, 0.29) is 12.0 Å². The number of carbonyl (C=O) groups is 1. The van der Waals surface area contributed by atoms with Gasteiger partial charge in [-0.3, -0.25) is 9.78 Å². The fourth-order valence-electron chi connectivity index (χ4n) is 3.75. The van der Waals surface area contributed by atoms with Gasteiger partial charge in [0.1, 0.15) is 0 Å². The van der Waals surface area contributed by atoms with Crippen LogP contribution < -0.4 is 5.73 Å². The van der Waals surface area contributed by atoms with Crippen LogP contribution in [-0.2, 0) is 4.74 Å². The lowest BCUT2D eigenvalue weighted by Crippen LogP contribution is -2.41. The van der Waals surface area contributed by atoms with Gasteiger partial charge in [0, 0.05) is 42.9 Å². The number of pyridine rings is 1. The standard InChI is InChI=1S/C21H26N6O2/c1-15-20(21(28)26-11-7-17(8-12-26)29-13-3-9-22)24-25-27(15)19-5-2-4-16-14-23-10-6-18(16)19/h2,4-6,10,14,17H,3,7-9,11-13,22H2,1H3. The van der Waals surface area contributed by atoms with E-state index in [9.17, 15) is 4.79 Å². The van der Waals surface area contributed by atoms with Crippen LogP contribution in [0.3, 0.4) is 0 Å². The molecule has 1 fully saturated rings. The minimum Gasteiger partial charge on any atom is -0.378 e. The van der Waals surface area contributed by atoms with Gasteiger partial charge in [-0.25, -0.2) is 4.68 Å². The average Bonchev–Trinajstić information content (AvgIpc) is 3.14. The van der Waals surface area contributed by atoms with Gasteiger partial charge < -0.3 is 15.4 Å². The Morgan fingerprint density at radius 1 is 1.28 bits per heavy atom. The molecule has 4 rings (SSSR count). The Morgan fingerprint density at radius 3 is 2.90 bits per heavy atom. The first kappa shape index (κ1) is 19.5. The van der Waals surface area contributed by atoms with Crippen molar-refractivity contribution >= 4 is 16.7 Å². The van der Waals surface area contributed by atoms with Crippen molar-refractivity contribution < 1.29 is 9.53 Å². The molecule has 0 unspecified atom stereocenters. The number of piperidine rings is 1. The van der Waals surface area contributed by atoms with Gasteiger partial charge in [-0.2, -0.15) is 0 Å². The lowest BCUT2D eigenvalue weighted by molar-refractivity contribution is 0.00827. The van der Waals surface area contributed by atoms with Crippen LogP contribution in [0, 0.1) is 6.92 Å². The van der Waals surface area contributed by atoms with E-state index in [4.69, 9.17) is 10.5 Å². The Morgan fingerprint density at radius 2 is 2.10 bits per heavy atom. The summed E-state index contributed by atoms with van der Waals surface area (Å²) in [5.74, 6) is -0.0731. The van der Waals surface area contributed by atoms with E-state index < -0.39 is 0 Å². The molecule has 0 radical (unpaired) electrons. The number of rotatable bonds is 6. The monoisotopic (exact) mass is 394 g/mol. The smallest absolute Gasteiger partial charge is 0.276 e. The quantitative estimate of drug-likeness (QED) is 0.643. The van der Waals surface area contributed by atoms with Gasteiger partial charge in [0.05, 0.1) is 17.5 Å². The molecule has 2 aromatic heterocycles. The van der Waals surface area contributed by atoms with E-state index >= 15 is 0 Å². The highest BCUT2D eigenvalue weighted by molar-refractivity contribution is 5.94. The molecular formula is C21H26N6O2. The molecule has 3 aromatic rings. The zero-order valence-electron chi connectivity index (χ0n) is 16.6. The van der Waals surface area contributed by atoms with E-state index in [1.807, 2.05) is 42.3 Å². The molecule has 2 N–H and O–H groups in total. The summed E-state index contributed by atoms with van der Waals surface area (Å²) in [5, 5.41) is 10.5. The maximum atomic E-state index is 13.0. The molecule has 0 atom stereocenters. The van der Waals surface area contributed by atoms with Crippen molar-refractivity contribution in [3.05, 3.63) is 48.0 Å². The summed E-state index contributed by atoms with van der Waals surface area (Å²) in [6.45, 7) is 4.54. The predicted octanol–water partition coefficient (Wildman–Crippen LogP) is 2.09. The fourth-order valence-corrected chi connectivity index (χ4v) is 3.75. The van der Waals surface area contributed by atoms with Crippen molar-refractivity contribution in [3.63, 3.8) is 0 Å². The molecule has 152 valence electrons. The average molecular weight is 394 g/mol. The maximum Gasteiger partial charge on any atom is 0.276 e. The molecule has 1 amide bonds. The molecule has 1 aliphatic heterocycles. The Hall–Kier alpha value is -2.84. The van der Waals surface area contributed by atoms with Gasteiger partial charge in [-0.05, 0) is 44.9 Å². The number of carbonyl (C=O) groups excluding carboxylic acids is 1. The van der Waals surface area contributed by atoms with E-state index in [2.05, 4.69) is 15.3 Å². The number of nitrogens with zero attached hydrogens (tertiary/aromatic N) is 5. The first-order valence-electron chi connectivity index (χ1n) is 10.1. The molecular weight excluding hydrogens is 368 g/mol. The van der Waals surface area contributed by atoms with Crippen LogP contribution in [-0.4, -0.2) is 63.1 Å². The highest BCUT2D eigenvalue weighted by atomic mass is 16.5. The maximum absolute atomic E-state index is 13.0. The summed E-state index contributed by atoms with van der Waals surface area (Å²) in [7, 11) is 0. The summed E-state index contributed by atoms with van der Waals surface area (Å²) in [4.78, 5) is 19.1. The second kappa shape index (κ2) is 8.67. The largest absolute Gasteiger partial charge is 0.378 e. The Kier molecular flexibility index (Phi) is 5.82. The van der Waals surface area contributed by atoms with Crippen molar-refractivity contribution in [1.82, 2.24) is 24.9 Å². The molecule has 1 aliphatic rings. The van der Waals surface area contributed by atoms with Crippen molar-refractivity contribution in [3.8, 4) is 5.69 Å². The normalized spacial score (nSPS) is 15.2. The zero-order valence-corrected chi connectivity index (χ0v) is 16.6. The minimum absolute atomic E-state index is 0.0731. The lowest BCUT2D eigenvalue weighted by atomic mass is 10.1. The molecule has 8 nitrogen and oxygen atoms in total. The van der Waals surface area contributed by atoms with Crippen LogP contribution in [0.15, 0.2) is 36.7 Å². The molecule has 8 heteroatoms. The third-order valence-electron chi connectivity index (χ3n) is 5.41. The van der Waals surface area contributed by atoms with Crippen molar-refractivity contribution in [2.45, 2.75) is 32.3 Å². The summed E-state index contributed by atoms with van der Waals surface area (Å²) < 4.78 is 7.56. The summed E-state index contributed by atoms with van der Waals surface area (Å²) in [5.41, 5.74) is 7.54. The summed E-state index contributed by atoms with van der Waals surface area (Å²) in [6.07, 6.45) is 6.30. The number of ether oxygens (including phenoxy) is 1. The second-order valence-electron chi connectivity index (χ2n) is 7.31. The van der Waals surface area contributed by atoms with Gasteiger partial charge in [0.2, 0.25) is 0 Å². The number of hydrogen-bond donors (Lipinski definition) is 1. The zero-order chi connectivity index (χ0) is 20.2. The molecule has 0 saturated carbocycles. The van der Waals surface area contributed by atoms with Gasteiger partial charge >= 0.3 is 0 Å². The predicted molar refractivity (Wildman–Crippen MR) is 110 cm³/mol. The van der Waals surface area contributed by atoms with E-state index in [1.165, 1.54) is 0 Å². The van der Waals surface area contributed by atoms with Crippen LogP contribution in [0.5, 0.6) is 0 Å². The van der Waals surface area contributed by atoms with Crippen LogP contribution in [0.25, 0.3) is 16.5 Å². The number of benzene rings is 1. The second-order valence-corrected chi connectivity index (χ2v) is 7.31. The van der Waals surface area contributed by atoms with Gasteiger partial charge in [-0.15, -0.1) is 5.10 Å². The number of hydrogen-bond acceptors (Lipinski definition) is 6. The van der Waals surface area contributed by atoms with Crippen LogP contribution in [0.1, 0.15) is 35.4 Å². The van der Waals surface area contributed by atoms with Gasteiger partial charge in [-0.1, -0.05) is 17.3 Å². The first-order valence-corrected chi connectivity index (χ1v) is 10.1. The topological polar surface area (TPSA) is 99.2 Å². The molecule has 29 heavy (non-hydrogen) atoms. The number of likely N-dealkylation sites (tertiary alicyclic amines) is 1. The molecule has 1 saturated heterocycles. The molecule has 3 heterocycles. The third-order valence-corrected chi connectivity index (χ3v) is 5.41. The number of aromatic nitrogens is 4. The molecule has 0 bridgehead atoms. The van der Waals surface area contributed by atoms with Gasteiger partial charge in [0.25, 0.3) is 5.91 Å². The number of nitrogens with two attached hydrogens (primary N) is 1. The van der Waals surface area contributed by atoms with Crippen LogP contribution >= 0.6 is 0 Å². The first-order chi connectivity index (χ1) is 14.2. The Balaban J connectivity index is 1.50. The van der Waals surface area contributed by atoms with E-state index in [0.29, 0.717) is 31.9 Å². The van der Waals surface area contributed by atoms with Crippen LogP contribution in [0.2, 0.25) is 0 Å². The third kappa shape index (κ3) is 3.99. The highest BCUT2D eigenvalue weighted by Crippen LogP contribution is 2.23. The fraction of sp³-hybridized carbons (Fsp3) is 0.429. The van der Waals surface area contributed by atoms with Crippen molar-refractivity contribution in [1.29, 1.82) is 0 Å². The number of amides is 1. The van der Waals surface area contributed by atoms with Crippen LogP contribution in [0.4, 0.5) is 0 Å². The lowest BCUT2D eigenvalue weighted by Gasteiger charge is -2.31. The van der Waals surface area contributed by atoms with Gasteiger partial charge in [0.15, 0.2) is 5.69 Å². The number of fused-ring (bicyclic) bond motifs is 1. The highest BCUT2D eigenvalue weighted by Gasteiger charge is 2.27. The van der Waals surface area contributed by atoms with E-state index in [0.717, 1.165) is 41.4 Å². The Labute approximate surface area is 169 Å². The summed E-state index contributed by atoms with van der Waals surface area (Å²) in [6, 6.07) is 7.88. The minimum atomic E-state index is -0.0731. The molecule has 0 spiro atoms. The Bertz CT molecular complexity index is 989. The van der Waals surface area contributed by atoms with Crippen molar-refractivity contribution in [2.24, 2.45) is 5.73 Å². The molecule has 0 aliphatic carbocycles.